The monoisotopic (exact) mass is 410 g/mol. The highest BCUT2D eigenvalue weighted by Gasteiger charge is 2.26. The highest BCUT2D eigenvalue weighted by molar-refractivity contribution is 6.08. The zero-order valence-electron chi connectivity index (χ0n) is 17.9. The van der Waals surface area contributed by atoms with Crippen molar-refractivity contribution < 1.29 is 14.6 Å². The number of carbonyl (C=O) groups is 1. The van der Waals surface area contributed by atoms with Crippen molar-refractivity contribution in [1.82, 2.24) is 0 Å². The Morgan fingerprint density at radius 3 is 2.39 bits per heavy atom. The van der Waals surface area contributed by atoms with Crippen LogP contribution in [0.2, 0.25) is 0 Å². The van der Waals surface area contributed by atoms with Gasteiger partial charge >= 0.3 is 5.97 Å². The molecular formula is C28H26O3. The minimum atomic E-state index is -0.796. The van der Waals surface area contributed by atoms with Crippen LogP contribution in [0, 0.1) is 0 Å². The Labute approximate surface area is 183 Å². The van der Waals surface area contributed by atoms with E-state index >= 15 is 0 Å². The van der Waals surface area contributed by atoms with Crippen molar-refractivity contribution in [1.29, 1.82) is 0 Å². The predicted octanol–water partition coefficient (Wildman–Crippen LogP) is 6.63. The van der Waals surface area contributed by atoms with E-state index in [1.807, 2.05) is 37.3 Å². The molecule has 31 heavy (non-hydrogen) atoms. The molecule has 0 heterocycles. The Morgan fingerprint density at radius 2 is 1.71 bits per heavy atom. The maximum absolute atomic E-state index is 11.5. The van der Waals surface area contributed by atoms with Gasteiger partial charge in [0.25, 0.3) is 0 Å². The molecule has 0 amide bonds. The molecule has 0 unspecified atom stereocenters. The van der Waals surface area contributed by atoms with Crippen molar-refractivity contribution >= 4 is 23.2 Å². The molecule has 1 N–H and O–H groups in total. The van der Waals surface area contributed by atoms with Crippen LogP contribution in [-0.4, -0.2) is 11.1 Å². The SMILES string of the molecule is CCc1cccc2c1C(CC(=O)O)=C(C)/C2=C/c1ccc(COc2ccccc2)cc1. The van der Waals surface area contributed by atoms with Gasteiger partial charge in [-0.1, -0.05) is 67.6 Å². The lowest BCUT2D eigenvalue weighted by atomic mass is 9.94. The van der Waals surface area contributed by atoms with E-state index in [0.29, 0.717) is 6.61 Å². The van der Waals surface area contributed by atoms with Crippen molar-refractivity contribution in [2.45, 2.75) is 33.3 Å². The van der Waals surface area contributed by atoms with Crippen LogP contribution in [0.25, 0.3) is 17.2 Å². The van der Waals surface area contributed by atoms with Gasteiger partial charge in [-0.3, -0.25) is 4.79 Å². The van der Waals surface area contributed by atoms with E-state index < -0.39 is 5.97 Å². The zero-order valence-corrected chi connectivity index (χ0v) is 17.9. The Balaban J connectivity index is 1.62. The normalized spacial score (nSPS) is 14.1. The summed E-state index contributed by atoms with van der Waals surface area (Å²) in [5.41, 5.74) is 8.70. The van der Waals surface area contributed by atoms with Crippen molar-refractivity contribution in [2.75, 3.05) is 0 Å². The molecular weight excluding hydrogens is 384 g/mol. The largest absolute Gasteiger partial charge is 0.489 e. The number of allylic oxidation sites excluding steroid dienone is 2. The Hall–Kier alpha value is -3.59. The minimum Gasteiger partial charge on any atom is -0.489 e. The summed E-state index contributed by atoms with van der Waals surface area (Å²) in [5, 5.41) is 9.45. The molecule has 0 fully saturated rings. The third-order valence-corrected chi connectivity index (χ3v) is 5.75. The number of hydrogen-bond acceptors (Lipinski definition) is 2. The molecule has 0 atom stereocenters. The molecule has 1 aliphatic rings. The van der Waals surface area contributed by atoms with E-state index in [-0.39, 0.29) is 6.42 Å². The molecule has 4 rings (SSSR count). The lowest BCUT2D eigenvalue weighted by Gasteiger charge is -2.10. The van der Waals surface area contributed by atoms with E-state index in [1.54, 1.807) is 0 Å². The summed E-state index contributed by atoms with van der Waals surface area (Å²) in [5.74, 6) is 0.0601. The van der Waals surface area contributed by atoms with Crippen molar-refractivity contribution in [3.63, 3.8) is 0 Å². The number of aliphatic carboxylic acids is 1. The van der Waals surface area contributed by atoms with E-state index in [0.717, 1.165) is 51.1 Å². The minimum absolute atomic E-state index is 0.0446. The Kier molecular flexibility index (Phi) is 6.03. The highest BCUT2D eigenvalue weighted by atomic mass is 16.5. The molecule has 0 aliphatic heterocycles. The number of carboxylic acid groups (broad SMARTS) is 1. The molecule has 156 valence electrons. The summed E-state index contributed by atoms with van der Waals surface area (Å²) in [4.78, 5) is 11.5. The van der Waals surface area contributed by atoms with Gasteiger partial charge in [0.2, 0.25) is 0 Å². The average Bonchev–Trinajstić information content (AvgIpc) is 3.05. The van der Waals surface area contributed by atoms with Gasteiger partial charge in [0, 0.05) is 0 Å². The Morgan fingerprint density at radius 1 is 0.968 bits per heavy atom. The molecule has 0 bridgehead atoms. The summed E-state index contributed by atoms with van der Waals surface area (Å²) in [6.07, 6.45) is 3.08. The van der Waals surface area contributed by atoms with Crippen molar-refractivity contribution in [2.24, 2.45) is 0 Å². The predicted molar refractivity (Wildman–Crippen MR) is 126 cm³/mol. The van der Waals surface area contributed by atoms with Gasteiger partial charge in [0.1, 0.15) is 12.4 Å². The smallest absolute Gasteiger partial charge is 0.307 e. The van der Waals surface area contributed by atoms with Gasteiger partial charge in [-0.05, 0) is 76.1 Å². The molecule has 0 saturated carbocycles. The van der Waals surface area contributed by atoms with E-state index in [2.05, 4.69) is 55.5 Å². The van der Waals surface area contributed by atoms with Gasteiger partial charge < -0.3 is 9.84 Å². The van der Waals surface area contributed by atoms with Crippen LogP contribution in [0.3, 0.4) is 0 Å². The highest BCUT2D eigenvalue weighted by Crippen LogP contribution is 2.45. The first-order chi connectivity index (χ1) is 15.1. The number of benzene rings is 3. The fourth-order valence-corrected chi connectivity index (χ4v) is 4.15. The first-order valence-electron chi connectivity index (χ1n) is 10.6. The molecule has 3 aromatic carbocycles. The number of aryl methyl sites for hydroxylation is 1. The number of rotatable bonds is 7. The maximum Gasteiger partial charge on any atom is 0.307 e. The van der Waals surface area contributed by atoms with Crippen LogP contribution >= 0.6 is 0 Å². The zero-order chi connectivity index (χ0) is 21.8. The Bertz CT molecular complexity index is 1150. The molecule has 1 aliphatic carbocycles. The van der Waals surface area contributed by atoms with Gasteiger partial charge in [0.15, 0.2) is 0 Å². The fourth-order valence-electron chi connectivity index (χ4n) is 4.15. The van der Waals surface area contributed by atoms with E-state index in [4.69, 9.17) is 4.74 Å². The summed E-state index contributed by atoms with van der Waals surface area (Å²) < 4.78 is 5.83. The third-order valence-electron chi connectivity index (χ3n) is 5.75. The molecule has 0 spiro atoms. The number of ether oxygens (including phenoxy) is 1. The summed E-state index contributed by atoms with van der Waals surface area (Å²) in [6.45, 7) is 4.66. The van der Waals surface area contributed by atoms with Gasteiger partial charge in [-0.2, -0.15) is 0 Å². The summed E-state index contributed by atoms with van der Waals surface area (Å²) >= 11 is 0. The molecule has 0 aromatic heterocycles. The lowest BCUT2D eigenvalue weighted by Crippen LogP contribution is -1.99. The first-order valence-corrected chi connectivity index (χ1v) is 10.6. The van der Waals surface area contributed by atoms with Crippen molar-refractivity contribution in [3.8, 4) is 5.75 Å². The third kappa shape index (κ3) is 4.46. The first kappa shape index (κ1) is 20.7. The molecule has 0 radical (unpaired) electrons. The topological polar surface area (TPSA) is 46.5 Å². The van der Waals surface area contributed by atoms with Crippen LogP contribution in [0.4, 0.5) is 0 Å². The second-order valence-corrected chi connectivity index (χ2v) is 7.77. The number of para-hydroxylation sites is 1. The van der Waals surface area contributed by atoms with Crippen molar-refractivity contribution in [3.05, 3.63) is 106 Å². The number of fused-ring (bicyclic) bond motifs is 1. The average molecular weight is 411 g/mol. The molecule has 0 saturated heterocycles. The molecule has 3 heteroatoms. The summed E-state index contributed by atoms with van der Waals surface area (Å²) in [7, 11) is 0. The van der Waals surface area contributed by atoms with Gasteiger partial charge in [-0.15, -0.1) is 0 Å². The van der Waals surface area contributed by atoms with Crippen LogP contribution in [-0.2, 0) is 17.8 Å². The van der Waals surface area contributed by atoms with Gasteiger partial charge in [0.05, 0.1) is 6.42 Å². The van der Waals surface area contributed by atoms with Crippen LogP contribution < -0.4 is 4.74 Å². The summed E-state index contributed by atoms with van der Waals surface area (Å²) in [6, 6.07) is 24.4. The lowest BCUT2D eigenvalue weighted by molar-refractivity contribution is -0.135. The van der Waals surface area contributed by atoms with Gasteiger partial charge in [-0.25, -0.2) is 0 Å². The second kappa shape index (κ2) is 9.05. The quantitative estimate of drug-likeness (QED) is 0.475. The van der Waals surface area contributed by atoms with Crippen LogP contribution in [0.5, 0.6) is 5.75 Å². The second-order valence-electron chi connectivity index (χ2n) is 7.77. The van der Waals surface area contributed by atoms with E-state index in [9.17, 15) is 9.90 Å². The molecule has 3 aromatic rings. The number of carboxylic acids is 1. The van der Waals surface area contributed by atoms with Crippen LogP contribution in [0.1, 0.15) is 48.1 Å². The van der Waals surface area contributed by atoms with Crippen LogP contribution in [0.15, 0.2) is 78.4 Å². The number of hydrogen-bond donors (Lipinski definition) is 1. The fraction of sp³-hybridized carbons (Fsp3) is 0.179. The van der Waals surface area contributed by atoms with E-state index in [1.165, 1.54) is 5.56 Å². The molecule has 3 nitrogen and oxygen atoms in total. The maximum atomic E-state index is 11.5. The standard InChI is InChI=1S/C28H26O3/c1-3-22-8-7-11-24-25(19(2)26(28(22)24)17-27(29)30)16-20-12-14-21(15-13-20)18-31-23-9-5-4-6-10-23/h4-16H,3,17-18H2,1-2H3,(H,29,30)/b25-16-.